The van der Waals surface area contributed by atoms with Crippen LogP contribution in [-0.2, 0) is 16.0 Å². The Bertz CT molecular complexity index is 1260. The maximum absolute atomic E-state index is 13.4. The minimum absolute atomic E-state index is 0.0323. The molecule has 1 fully saturated rings. The standard InChI is InChI=1S/C26H27N5O3/c1-18-25(23(33)17-30-11-4-3-5-12-30)26-22(31(18)21-8-6-20(27-2)7-9-21)14-19(16-29-26)15-24(34)28-10-13-32/h6-9,13-14,16H,3-5,10-12,15,17H2,1H3,(H,28,34). The molecule has 0 spiro atoms. The van der Waals surface area contributed by atoms with Crippen molar-refractivity contribution in [3.05, 3.63) is 64.8 Å². The highest BCUT2D eigenvalue weighted by Crippen LogP contribution is 2.30. The number of fused-ring (bicyclic) bond motifs is 1. The number of aromatic nitrogens is 2. The van der Waals surface area contributed by atoms with Crippen LogP contribution in [-0.4, -0.2) is 58.6 Å². The number of aldehydes is 1. The highest BCUT2D eigenvalue weighted by Gasteiger charge is 2.24. The second-order valence-corrected chi connectivity index (χ2v) is 8.54. The Morgan fingerprint density at radius 1 is 1.18 bits per heavy atom. The van der Waals surface area contributed by atoms with Gasteiger partial charge >= 0.3 is 0 Å². The van der Waals surface area contributed by atoms with Crippen molar-refractivity contribution < 1.29 is 14.4 Å². The van der Waals surface area contributed by atoms with Gasteiger partial charge in [0.1, 0.15) is 6.29 Å². The normalized spacial score (nSPS) is 14.0. The number of ketones is 1. The number of nitrogens with one attached hydrogen (secondary N) is 1. The van der Waals surface area contributed by atoms with E-state index >= 15 is 0 Å². The molecule has 8 heteroatoms. The number of pyridine rings is 1. The molecule has 0 atom stereocenters. The summed E-state index contributed by atoms with van der Waals surface area (Å²) in [6.07, 6.45) is 5.75. The molecular weight excluding hydrogens is 430 g/mol. The first-order valence-electron chi connectivity index (χ1n) is 11.5. The lowest BCUT2D eigenvalue weighted by Gasteiger charge is -2.25. The Morgan fingerprint density at radius 2 is 1.91 bits per heavy atom. The molecule has 1 amide bonds. The van der Waals surface area contributed by atoms with Crippen LogP contribution < -0.4 is 5.32 Å². The number of hydrogen-bond donors (Lipinski definition) is 1. The third-order valence-electron chi connectivity index (χ3n) is 6.18. The van der Waals surface area contributed by atoms with Crippen molar-refractivity contribution in [2.75, 3.05) is 26.2 Å². The van der Waals surface area contributed by atoms with Crippen molar-refractivity contribution in [1.82, 2.24) is 19.8 Å². The number of rotatable bonds is 8. The summed E-state index contributed by atoms with van der Waals surface area (Å²) in [5, 5.41) is 2.54. The average molecular weight is 458 g/mol. The zero-order valence-electron chi connectivity index (χ0n) is 19.2. The van der Waals surface area contributed by atoms with Crippen LogP contribution in [0.15, 0.2) is 36.5 Å². The van der Waals surface area contributed by atoms with Crippen LogP contribution in [0.5, 0.6) is 0 Å². The maximum Gasteiger partial charge on any atom is 0.224 e. The molecule has 4 rings (SSSR count). The van der Waals surface area contributed by atoms with Crippen LogP contribution in [0.4, 0.5) is 5.69 Å². The van der Waals surface area contributed by atoms with Gasteiger partial charge in [0, 0.05) is 17.6 Å². The highest BCUT2D eigenvalue weighted by molar-refractivity contribution is 6.09. The molecule has 1 aliphatic heterocycles. The molecule has 0 bridgehead atoms. The van der Waals surface area contributed by atoms with E-state index in [1.165, 1.54) is 6.42 Å². The lowest BCUT2D eigenvalue weighted by atomic mass is 10.1. The number of hydrogen-bond acceptors (Lipinski definition) is 5. The van der Waals surface area contributed by atoms with E-state index in [0.29, 0.717) is 35.2 Å². The largest absolute Gasteiger partial charge is 0.349 e. The third-order valence-corrected chi connectivity index (χ3v) is 6.18. The molecule has 0 aliphatic carbocycles. The Kier molecular flexibility index (Phi) is 7.14. The predicted molar refractivity (Wildman–Crippen MR) is 129 cm³/mol. The lowest BCUT2D eigenvalue weighted by molar-refractivity contribution is -0.121. The molecule has 0 unspecified atom stereocenters. The van der Waals surface area contributed by atoms with Gasteiger partial charge < -0.3 is 14.7 Å². The van der Waals surface area contributed by atoms with Crippen molar-refractivity contribution in [1.29, 1.82) is 0 Å². The van der Waals surface area contributed by atoms with E-state index in [0.717, 1.165) is 42.8 Å². The van der Waals surface area contributed by atoms with Crippen molar-refractivity contribution in [2.45, 2.75) is 32.6 Å². The third kappa shape index (κ3) is 4.90. The average Bonchev–Trinajstić information content (AvgIpc) is 3.14. The minimum Gasteiger partial charge on any atom is -0.349 e. The molecule has 0 radical (unpaired) electrons. The summed E-state index contributed by atoms with van der Waals surface area (Å²) in [5.74, 6) is -0.240. The van der Waals surface area contributed by atoms with E-state index in [2.05, 4.69) is 20.0 Å². The van der Waals surface area contributed by atoms with Gasteiger partial charge in [-0.1, -0.05) is 18.6 Å². The number of benzene rings is 1. The Labute approximate surface area is 198 Å². The zero-order valence-corrected chi connectivity index (χ0v) is 19.2. The summed E-state index contributed by atoms with van der Waals surface area (Å²) in [5.41, 5.74) is 4.74. The highest BCUT2D eigenvalue weighted by atomic mass is 16.2. The Morgan fingerprint density at radius 3 is 2.59 bits per heavy atom. The topological polar surface area (TPSA) is 88.7 Å². The van der Waals surface area contributed by atoms with Crippen LogP contribution in [0, 0.1) is 13.5 Å². The predicted octanol–water partition coefficient (Wildman–Crippen LogP) is 3.41. The van der Waals surface area contributed by atoms with Gasteiger partial charge in [-0.25, -0.2) is 4.85 Å². The van der Waals surface area contributed by atoms with Crippen LogP contribution in [0.2, 0.25) is 0 Å². The number of amides is 1. The van der Waals surface area contributed by atoms with Crippen LogP contribution in [0.3, 0.4) is 0 Å². The van der Waals surface area contributed by atoms with Crippen molar-refractivity contribution in [3.8, 4) is 5.69 Å². The van der Waals surface area contributed by atoms with Gasteiger partial charge in [-0.05, 0) is 56.6 Å². The first-order valence-corrected chi connectivity index (χ1v) is 11.5. The fourth-order valence-electron chi connectivity index (χ4n) is 4.56. The summed E-state index contributed by atoms with van der Waals surface area (Å²) in [6.45, 7) is 11.3. The molecule has 8 nitrogen and oxygen atoms in total. The van der Waals surface area contributed by atoms with Gasteiger partial charge in [0.15, 0.2) is 11.5 Å². The van der Waals surface area contributed by atoms with Crippen LogP contribution >= 0.6 is 0 Å². The van der Waals surface area contributed by atoms with Gasteiger partial charge in [-0.2, -0.15) is 0 Å². The minimum atomic E-state index is -0.272. The van der Waals surface area contributed by atoms with E-state index in [4.69, 9.17) is 6.57 Å². The molecule has 2 aromatic heterocycles. The van der Waals surface area contributed by atoms with Gasteiger partial charge in [-0.15, -0.1) is 0 Å². The van der Waals surface area contributed by atoms with Gasteiger partial charge in [0.05, 0.1) is 42.7 Å². The van der Waals surface area contributed by atoms with Gasteiger partial charge in [-0.3, -0.25) is 19.5 Å². The molecule has 0 saturated carbocycles. The summed E-state index contributed by atoms with van der Waals surface area (Å²) in [4.78, 5) is 46.4. The van der Waals surface area contributed by atoms with E-state index in [1.807, 2.05) is 29.7 Å². The molecule has 174 valence electrons. The van der Waals surface area contributed by atoms with E-state index in [-0.39, 0.29) is 24.7 Å². The van der Waals surface area contributed by atoms with Crippen molar-refractivity contribution in [3.63, 3.8) is 0 Å². The van der Waals surface area contributed by atoms with E-state index in [1.54, 1.807) is 18.3 Å². The molecule has 1 N–H and O–H groups in total. The molecule has 3 aromatic rings. The number of carbonyl (C=O) groups excluding carboxylic acids is 3. The van der Waals surface area contributed by atoms with Gasteiger partial charge in [0.25, 0.3) is 0 Å². The van der Waals surface area contributed by atoms with Crippen molar-refractivity contribution in [2.24, 2.45) is 0 Å². The SMILES string of the molecule is [C-]#[N+]c1ccc(-n2c(C)c(C(=O)CN3CCCCC3)c3ncc(CC(=O)NCC=O)cc32)cc1. The number of likely N-dealkylation sites (tertiary alicyclic amines) is 1. The smallest absolute Gasteiger partial charge is 0.224 e. The molecule has 3 heterocycles. The van der Waals surface area contributed by atoms with E-state index in [9.17, 15) is 14.4 Å². The first kappa shape index (κ1) is 23.3. The molecule has 34 heavy (non-hydrogen) atoms. The molecule has 1 saturated heterocycles. The van der Waals surface area contributed by atoms with Gasteiger partial charge in [0.2, 0.25) is 5.91 Å². The lowest BCUT2D eigenvalue weighted by Crippen LogP contribution is -2.34. The second-order valence-electron chi connectivity index (χ2n) is 8.54. The fraction of sp³-hybridized carbons (Fsp3) is 0.346. The zero-order chi connectivity index (χ0) is 24.1. The molecule has 1 aliphatic rings. The monoisotopic (exact) mass is 457 g/mol. The molecular formula is C26H27N5O3. The summed E-state index contributed by atoms with van der Waals surface area (Å²) < 4.78 is 1.96. The molecule has 1 aromatic carbocycles. The number of nitrogens with zero attached hydrogens (tertiary/aromatic N) is 4. The van der Waals surface area contributed by atoms with Crippen LogP contribution in [0.1, 0.15) is 40.9 Å². The maximum atomic E-state index is 13.4. The van der Waals surface area contributed by atoms with E-state index < -0.39 is 0 Å². The first-order chi connectivity index (χ1) is 16.5. The van der Waals surface area contributed by atoms with Crippen LogP contribution in [0.25, 0.3) is 21.6 Å². The summed E-state index contributed by atoms with van der Waals surface area (Å²) >= 11 is 0. The fourth-order valence-corrected chi connectivity index (χ4v) is 4.56. The second kappa shape index (κ2) is 10.4. The summed E-state index contributed by atoms with van der Waals surface area (Å²) in [6, 6.07) is 9.06. The number of piperidine rings is 1. The summed E-state index contributed by atoms with van der Waals surface area (Å²) in [7, 11) is 0. The number of Topliss-reactive ketones (excluding diaryl/α,β-unsaturated/α-hetero) is 1. The number of carbonyl (C=O) groups is 3. The Hall–Kier alpha value is -3.83. The quantitative estimate of drug-likeness (QED) is 0.318. The Balaban J connectivity index is 1.77. The van der Waals surface area contributed by atoms with Crippen molar-refractivity contribution >= 4 is 34.7 Å².